The number of ether oxygens (including phenoxy) is 1. The molecule has 0 aliphatic carbocycles. The summed E-state index contributed by atoms with van der Waals surface area (Å²) in [6.45, 7) is 0.467. The standard InChI is InChI=1S/C20H23NO3/c1-24-14-17-12-13-18(22)19(15-8-4-2-5-9-15)21(17)20(23)16-10-6-3-7-11-16/h2-11,17-19,22H,12-14H2,1H3/t17-,18-,19-/m0/s1. The number of aliphatic hydroxyl groups excluding tert-OH is 1. The molecule has 4 heteroatoms. The first kappa shape index (κ1) is 16.7. The Labute approximate surface area is 142 Å². The number of nitrogens with zero attached hydrogens (tertiary/aromatic N) is 1. The zero-order valence-electron chi connectivity index (χ0n) is 13.8. The van der Waals surface area contributed by atoms with Crippen LogP contribution >= 0.6 is 0 Å². The Morgan fingerprint density at radius 1 is 1.08 bits per heavy atom. The molecule has 3 atom stereocenters. The molecule has 0 aromatic heterocycles. The van der Waals surface area contributed by atoms with E-state index in [4.69, 9.17) is 4.74 Å². The molecule has 1 saturated heterocycles. The fourth-order valence-electron chi connectivity index (χ4n) is 3.48. The minimum absolute atomic E-state index is 0.0451. The summed E-state index contributed by atoms with van der Waals surface area (Å²) < 4.78 is 5.34. The number of amides is 1. The van der Waals surface area contributed by atoms with Crippen molar-refractivity contribution in [3.05, 3.63) is 71.8 Å². The van der Waals surface area contributed by atoms with Gasteiger partial charge in [0.2, 0.25) is 0 Å². The zero-order chi connectivity index (χ0) is 16.9. The second kappa shape index (κ2) is 7.60. The molecule has 1 fully saturated rings. The Kier molecular flexibility index (Phi) is 5.28. The summed E-state index contributed by atoms with van der Waals surface area (Å²) in [5, 5.41) is 10.6. The van der Waals surface area contributed by atoms with Crippen molar-refractivity contribution >= 4 is 5.91 Å². The SMILES string of the molecule is COC[C@@H]1CC[C@H](O)[C@H](c2ccccc2)N1C(=O)c1ccccc1. The summed E-state index contributed by atoms with van der Waals surface area (Å²) in [5.41, 5.74) is 1.59. The van der Waals surface area contributed by atoms with E-state index in [-0.39, 0.29) is 18.0 Å². The van der Waals surface area contributed by atoms with Crippen LogP contribution in [0.25, 0.3) is 0 Å². The van der Waals surface area contributed by atoms with Gasteiger partial charge in [-0.1, -0.05) is 48.5 Å². The van der Waals surface area contributed by atoms with E-state index in [1.807, 2.05) is 65.6 Å². The number of methoxy groups -OCH3 is 1. The highest BCUT2D eigenvalue weighted by Crippen LogP contribution is 2.36. The van der Waals surface area contributed by atoms with Gasteiger partial charge in [0.1, 0.15) is 0 Å². The quantitative estimate of drug-likeness (QED) is 0.940. The van der Waals surface area contributed by atoms with E-state index in [9.17, 15) is 9.90 Å². The van der Waals surface area contributed by atoms with Crippen LogP contribution in [-0.2, 0) is 4.74 Å². The first-order valence-electron chi connectivity index (χ1n) is 8.32. The average molecular weight is 325 g/mol. The molecule has 126 valence electrons. The number of likely N-dealkylation sites (tertiary alicyclic amines) is 1. The van der Waals surface area contributed by atoms with Crippen LogP contribution in [0.3, 0.4) is 0 Å². The third kappa shape index (κ3) is 3.35. The highest BCUT2D eigenvalue weighted by atomic mass is 16.5. The fourth-order valence-corrected chi connectivity index (χ4v) is 3.48. The van der Waals surface area contributed by atoms with Crippen molar-refractivity contribution in [3.8, 4) is 0 Å². The number of aliphatic hydroxyl groups is 1. The van der Waals surface area contributed by atoms with Crippen molar-refractivity contribution in [2.24, 2.45) is 0 Å². The van der Waals surface area contributed by atoms with Gasteiger partial charge >= 0.3 is 0 Å². The van der Waals surface area contributed by atoms with E-state index >= 15 is 0 Å². The lowest BCUT2D eigenvalue weighted by atomic mass is 9.88. The summed E-state index contributed by atoms with van der Waals surface area (Å²) in [6, 6.07) is 18.6. The van der Waals surface area contributed by atoms with Gasteiger partial charge in [0.05, 0.1) is 24.8 Å². The number of rotatable bonds is 4. The van der Waals surface area contributed by atoms with Crippen LogP contribution in [0, 0.1) is 0 Å². The minimum Gasteiger partial charge on any atom is -0.391 e. The lowest BCUT2D eigenvalue weighted by Crippen LogP contribution is -2.52. The minimum atomic E-state index is -0.576. The van der Waals surface area contributed by atoms with Gasteiger partial charge in [-0.15, -0.1) is 0 Å². The van der Waals surface area contributed by atoms with Crippen molar-refractivity contribution in [1.82, 2.24) is 4.90 Å². The normalized spacial score (nSPS) is 23.9. The number of benzene rings is 2. The topological polar surface area (TPSA) is 49.8 Å². The monoisotopic (exact) mass is 325 g/mol. The number of piperidine rings is 1. The van der Waals surface area contributed by atoms with Gasteiger partial charge in [-0.05, 0) is 30.5 Å². The molecule has 1 amide bonds. The van der Waals surface area contributed by atoms with E-state index in [0.717, 1.165) is 12.0 Å². The number of carbonyl (C=O) groups excluding carboxylic acids is 1. The molecule has 1 heterocycles. The maximum absolute atomic E-state index is 13.2. The van der Waals surface area contributed by atoms with E-state index in [1.165, 1.54) is 0 Å². The zero-order valence-corrected chi connectivity index (χ0v) is 13.8. The summed E-state index contributed by atoms with van der Waals surface area (Å²) in [4.78, 5) is 15.0. The maximum Gasteiger partial charge on any atom is 0.254 e. The Hall–Kier alpha value is -2.17. The van der Waals surface area contributed by atoms with Crippen molar-refractivity contribution < 1.29 is 14.6 Å². The fraction of sp³-hybridized carbons (Fsp3) is 0.350. The van der Waals surface area contributed by atoms with E-state index in [0.29, 0.717) is 18.6 Å². The molecular weight excluding hydrogens is 302 g/mol. The molecule has 0 unspecified atom stereocenters. The number of hydrogen-bond acceptors (Lipinski definition) is 3. The van der Waals surface area contributed by atoms with Gasteiger partial charge in [0, 0.05) is 12.7 Å². The predicted molar refractivity (Wildman–Crippen MR) is 92.7 cm³/mol. The molecule has 4 nitrogen and oxygen atoms in total. The van der Waals surface area contributed by atoms with E-state index in [2.05, 4.69) is 0 Å². The molecule has 0 saturated carbocycles. The van der Waals surface area contributed by atoms with Gasteiger partial charge in [-0.2, -0.15) is 0 Å². The number of carbonyl (C=O) groups is 1. The molecule has 24 heavy (non-hydrogen) atoms. The molecule has 2 aromatic rings. The van der Waals surface area contributed by atoms with Crippen molar-refractivity contribution in [1.29, 1.82) is 0 Å². The predicted octanol–water partition coefficient (Wildman–Crippen LogP) is 3.04. The van der Waals surface area contributed by atoms with Gasteiger partial charge in [0.15, 0.2) is 0 Å². The molecule has 0 radical (unpaired) electrons. The largest absolute Gasteiger partial charge is 0.391 e. The van der Waals surface area contributed by atoms with Crippen LogP contribution in [-0.4, -0.2) is 41.8 Å². The van der Waals surface area contributed by atoms with Crippen LogP contribution in [0.15, 0.2) is 60.7 Å². The average Bonchev–Trinajstić information content (AvgIpc) is 2.64. The molecule has 3 rings (SSSR count). The molecule has 1 aliphatic heterocycles. The molecule has 0 bridgehead atoms. The van der Waals surface area contributed by atoms with Crippen LogP contribution in [0.1, 0.15) is 34.8 Å². The van der Waals surface area contributed by atoms with E-state index in [1.54, 1.807) is 7.11 Å². The van der Waals surface area contributed by atoms with Gasteiger partial charge in [-0.25, -0.2) is 0 Å². The summed E-state index contributed by atoms with van der Waals surface area (Å²) >= 11 is 0. The lowest BCUT2D eigenvalue weighted by Gasteiger charge is -2.45. The first-order valence-corrected chi connectivity index (χ1v) is 8.32. The van der Waals surface area contributed by atoms with Gasteiger partial charge < -0.3 is 14.7 Å². The van der Waals surface area contributed by atoms with Gasteiger partial charge in [0.25, 0.3) is 5.91 Å². The van der Waals surface area contributed by atoms with Gasteiger partial charge in [-0.3, -0.25) is 4.79 Å². The molecule has 2 aromatic carbocycles. The maximum atomic E-state index is 13.2. The smallest absolute Gasteiger partial charge is 0.254 e. The Balaban J connectivity index is 2.00. The Morgan fingerprint density at radius 3 is 2.33 bits per heavy atom. The van der Waals surface area contributed by atoms with E-state index < -0.39 is 6.10 Å². The van der Waals surface area contributed by atoms with Crippen LogP contribution in [0.2, 0.25) is 0 Å². The summed E-state index contributed by atoms with van der Waals surface area (Å²) in [6.07, 6.45) is 0.816. The molecular formula is C20H23NO3. The van der Waals surface area contributed by atoms with Crippen LogP contribution in [0.4, 0.5) is 0 Å². The van der Waals surface area contributed by atoms with Crippen molar-refractivity contribution in [2.45, 2.75) is 31.0 Å². The van der Waals surface area contributed by atoms with Crippen LogP contribution < -0.4 is 0 Å². The molecule has 1 N–H and O–H groups in total. The third-order valence-corrected chi connectivity index (χ3v) is 4.61. The highest BCUT2D eigenvalue weighted by molar-refractivity contribution is 5.94. The molecule has 0 spiro atoms. The lowest BCUT2D eigenvalue weighted by molar-refractivity contribution is -0.0312. The second-order valence-electron chi connectivity index (χ2n) is 6.19. The second-order valence-corrected chi connectivity index (χ2v) is 6.19. The van der Waals surface area contributed by atoms with Crippen molar-refractivity contribution in [3.63, 3.8) is 0 Å². The molecule has 1 aliphatic rings. The van der Waals surface area contributed by atoms with Crippen LogP contribution in [0.5, 0.6) is 0 Å². The Bertz CT molecular complexity index is 659. The highest BCUT2D eigenvalue weighted by Gasteiger charge is 2.40. The summed E-state index contributed by atoms with van der Waals surface area (Å²) in [7, 11) is 1.65. The van der Waals surface area contributed by atoms with Crippen molar-refractivity contribution in [2.75, 3.05) is 13.7 Å². The first-order chi connectivity index (χ1) is 11.7. The third-order valence-electron chi connectivity index (χ3n) is 4.61. The Morgan fingerprint density at radius 2 is 1.71 bits per heavy atom. The summed E-state index contributed by atoms with van der Waals surface area (Å²) in [5.74, 6) is -0.0646. The number of hydrogen-bond donors (Lipinski definition) is 1.